The number of carbonyl (C=O) groups is 2. The Morgan fingerprint density at radius 3 is 2.74 bits per heavy atom. The Kier molecular flexibility index (Phi) is 6.67. The maximum absolute atomic E-state index is 12.4. The fraction of sp³-hybridized carbons (Fsp3) is 0.500. The number of carboxylic acids is 1. The van der Waals surface area contributed by atoms with Crippen LogP contribution in [0.15, 0.2) is 24.3 Å². The molecule has 0 spiro atoms. The first-order valence-electron chi connectivity index (χ1n) is 7.53. The van der Waals surface area contributed by atoms with Gasteiger partial charge >= 0.3 is 5.97 Å². The van der Waals surface area contributed by atoms with Crippen LogP contribution in [-0.2, 0) is 14.3 Å². The Morgan fingerprint density at radius 1 is 1.35 bits per heavy atom. The number of nitrogens with zero attached hydrogens (tertiary/aromatic N) is 1. The molecule has 23 heavy (non-hydrogen) atoms. The van der Waals surface area contributed by atoms with Crippen molar-refractivity contribution in [1.29, 1.82) is 0 Å². The zero-order chi connectivity index (χ0) is 16.7. The van der Waals surface area contributed by atoms with Gasteiger partial charge in [0.25, 0.3) is 0 Å². The van der Waals surface area contributed by atoms with Gasteiger partial charge in [0.05, 0.1) is 13.0 Å². The van der Waals surface area contributed by atoms with Crippen LogP contribution < -0.4 is 4.74 Å². The predicted molar refractivity (Wildman–Crippen MR) is 84.8 cm³/mol. The lowest BCUT2D eigenvalue weighted by Gasteiger charge is -2.33. The molecule has 0 saturated carbocycles. The van der Waals surface area contributed by atoms with Crippen molar-refractivity contribution in [3.8, 4) is 5.75 Å². The van der Waals surface area contributed by atoms with Crippen LogP contribution >= 0.6 is 11.6 Å². The smallest absolute Gasteiger partial charge is 0.323 e. The van der Waals surface area contributed by atoms with Gasteiger partial charge in [0.1, 0.15) is 12.3 Å². The summed E-state index contributed by atoms with van der Waals surface area (Å²) in [4.78, 5) is 24.8. The zero-order valence-corrected chi connectivity index (χ0v) is 13.5. The Balaban J connectivity index is 1.87. The quantitative estimate of drug-likeness (QED) is 0.822. The van der Waals surface area contributed by atoms with E-state index in [1.807, 2.05) is 0 Å². The van der Waals surface area contributed by atoms with E-state index in [1.54, 1.807) is 24.3 Å². The van der Waals surface area contributed by atoms with Gasteiger partial charge in [0.2, 0.25) is 5.91 Å². The first-order chi connectivity index (χ1) is 11.1. The second kappa shape index (κ2) is 8.74. The molecule has 1 amide bonds. The van der Waals surface area contributed by atoms with E-state index >= 15 is 0 Å². The van der Waals surface area contributed by atoms with Crippen molar-refractivity contribution in [1.82, 2.24) is 4.90 Å². The average Bonchev–Trinajstić information content (AvgIpc) is 2.53. The van der Waals surface area contributed by atoms with Crippen LogP contribution in [0.3, 0.4) is 0 Å². The van der Waals surface area contributed by atoms with Crippen LogP contribution in [0.25, 0.3) is 0 Å². The largest absolute Gasteiger partial charge is 0.493 e. The third-order valence-electron chi connectivity index (χ3n) is 3.64. The normalized spacial score (nSPS) is 15.2. The SMILES string of the molecule is O=C(O)CN(C(=O)CCOc1cccc(Cl)c1)C1CCOCC1. The van der Waals surface area contributed by atoms with Gasteiger partial charge in [0.15, 0.2) is 0 Å². The lowest BCUT2D eigenvalue weighted by molar-refractivity contribution is -0.148. The molecule has 0 bridgehead atoms. The summed E-state index contributed by atoms with van der Waals surface area (Å²) >= 11 is 5.86. The van der Waals surface area contributed by atoms with Crippen LogP contribution in [0, 0.1) is 0 Å². The van der Waals surface area contributed by atoms with Gasteiger partial charge in [-0.2, -0.15) is 0 Å². The molecule has 1 aromatic rings. The molecule has 0 unspecified atom stereocenters. The molecule has 126 valence electrons. The van der Waals surface area contributed by atoms with Gasteiger partial charge < -0.3 is 19.5 Å². The van der Waals surface area contributed by atoms with Gasteiger partial charge in [-0.3, -0.25) is 9.59 Å². The first kappa shape index (κ1) is 17.6. The summed E-state index contributed by atoms with van der Waals surface area (Å²) in [5.41, 5.74) is 0. The van der Waals surface area contributed by atoms with Crippen LogP contribution in [0.5, 0.6) is 5.75 Å². The van der Waals surface area contributed by atoms with E-state index in [0.717, 1.165) is 0 Å². The fourth-order valence-electron chi connectivity index (χ4n) is 2.52. The van der Waals surface area contributed by atoms with Crippen molar-refractivity contribution in [2.24, 2.45) is 0 Å². The maximum Gasteiger partial charge on any atom is 0.323 e. The van der Waals surface area contributed by atoms with Crippen molar-refractivity contribution in [2.45, 2.75) is 25.3 Å². The molecular formula is C16H20ClNO5. The third kappa shape index (κ3) is 5.73. The molecule has 2 rings (SSSR count). The summed E-state index contributed by atoms with van der Waals surface area (Å²) in [7, 11) is 0. The van der Waals surface area contributed by atoms with Crippen LogP contribution in [0.1, 0.15) is 19.3 Å². The van der Waals surface area contributed by atoms with Gasteiger partial charge in [-0.15, -0.1) is 0 Å². The van der Waals surface area contributed by atoms with E-state index in [2.05, 4.69) is 0 Å². The number of halogens is 1. The number of aliphatic carboxylic acids is 1. The Hall–Kier alpha value is -1.79. The Labute approximate surface area is 139 Å². The van der Waals surface area contributed by atoms with Crippen LogP contribution in [0.2, 0.25) is 5.02 Å². The lowest BCUT2D eigenvalue weighted by atomic mass is 10.1. The van der Waals surface area contributed by atoms with Crippen molar-refractivity contribution in [2.75, 3.05) is 26.4 Å². The molecule has 7 heteroatoms. The highest BCUT2D eigenvalue weighted by molar-refractivity contribution is 6.30. The molecule has 1 N–H and O–H groups in total. The number of carboxylic acid groups (broad SMARTS) is 1. The second-order valence-electron chi connectivity index (χ2n) is 5.31. The maximum atomic E-state index is 12.4. The van der Waals surface area contributed by atoms with E-state index in [1.165, 1.54) is 4.90 Å². The molecule has 6 nitrogen and oxygen atoms in total. The van der Waals surface area contributed by atoms with Crippen molar-refractivity contribution < 1.29 is 24.2 Å². The number of ether oxygens (including phenoxy) is 2. The second-order valence-corrected chi connectivity index (χ2v) is 5.75. The summed E-state index contributed by atoms with van der Waals surface area (Å²) in [6.07, 6.45) is 1.44. The van der Waals surface area contributed by atoms with E-state index in [4.69, 9.17) is 26.2 Å². The molecule has 0 atom stereocenters. The standard InChI is InChI=1S/C16H20ClNO5/c17-12-2-1-3-14(10-12)23-9-6-15(19)18(11-16(20)21)13-4-7-22-8-5-13/h1-3,10,13H,4-9,11H2,(H,20,21). The van der Waals surface area contributed by atoms with Crippen LogP contribution in [0.4, 0.5) is 0 Å². The van der Waals surface area contributed by atoms with E-state index in [9.17, 15) is 9.59 Å². The summed E-state index contributed by atoms with van der Waals surface area (Å²) in [6, 6.07) is 6.83. The Morgan fingerprint density at radius 2 is 2.09 bits per heavy atom. The van der Waals surface area contributed by atoms with Gasteiger partial charge in [0, 0.05) is 24.3 Å². The minimum Gasteiger partial charge on any atom is -0.493 e. The summed E-state index contributed by atoms with van der Waals surface area (Å²) in [6.45, 7) is 0.985. The summed E-state index contributed by atoms with van der Waals surface area (Å²) < 4.78 is 10.8. The molecule has 1 heterocycles. The van der Waals surface area contributed by atoms with Gasteiger partial charge in [-0.25, -0.2) is 0 Å². The topological polar surface area (TPSA) is 76.1 Å². The number of rotatable bonds is 7. The number of amides is 1. The van der Waals surface area contributed by atoms with Crippen LogP contribution in [-0.4, -0.2) is 54.3 Å². The van der Waals surface area contributed by atoms with Gasteiger partial charge in [-0.1, -0.05) is 17.7 Å². The lowest BCUT2D eigenvalue weighted by Crippen LogP contribution is -2.46. The summed E-state index contributed by atoms with van der Waals surface area (Å²) in [5.74, 6) is -0.650. The van der Waals surface area contributed by atoms with Gasteiger partial charge in [-0.05, 0) is 31.0 Å². The first-order valence-corrected chi connectivity index (χ1v) is 7.91. The van der Waals surface area contributed by atoms with E-state index in [-0.39, 0.29) is 31.5 Å². The third-order valence-corrected chi connectivity index (χ3v) is 3.87. The molecule has 1 saturated heterocycles. The average molecular weight is 342 g/mol. The minimum absolute atomic E-state index is 0.0847. The number of hydrogen-bond donors (Lipinski definition) is 1. The predicted octanol–water partition coefficient (Wildman–Crippen LogP) is 2.20. The van der Waals surface area contributed by atoms with Crippen molar-refractivity contribution >= 4 is 23.5 Å². The number of benzene rings is 1. The highest BCUT2D eigenvalue weighted by atomic mass is 35.5. The van der Waals surface area contributed by atoms with E-state index in [0.29, 0.717) is 36.8 Å². The van der Waals surface area contributed by atoms with Crippen molar-refractivity contribution in [3.05, 3.63) is 29.3 Å². The molecule has 1 aromatic carbocycles. The zero-order valence-electron chi connectivity index (χ0n) is 12.7. The fourth-order valence-corrected chi connectivity index (χ4v) is 2.70. The monoisotopic (exact) mass is 341 g/mol. The Bertz CT molecular complexity index is 545. The molecule has 0 aliphatic carbocycles. The molecular weight excluding hydrogens is 322 g/mol. The number of hydrogen-bond acceptors (Lipinski definition) is 4. The molecule has 1 aliphatic rings. The van der Waals surface area contributed by atoms with Crippen molar-refractivity contribution in [3.63, 3.8) is 0 Å². The highest BCUT2D eigenvalue weighted by Crippen LogP contribution is 2.18. The molecule has 1 aliphatic heterocycles. The number of carbonyl (C=O) groups excluding carboxylic acids is 1. The molecule has 0 radical (unpaired) electrons. The molecule has 0 aromatic heterocycles. The summed E-state index contributed by atoms with van der Waals surface area (Å²) in [5, 5.41) is 9.59. The molecule has 1 fully saturated rings. The highest BCUT2D eigenvalue weighted by Gasteiger charge is 2.27. The minimum atomic E-state index is -1.01. The van der Waals surface area contributed by atoms with E-state index < -0.39 is 5.97 Å².